The van der Waals surface area contributed by atoms with Crippen LogP contribution in [0.1, 0.15) is 45.6 Å². The molecule has 1 aromatic rings. The summed E-state index contributed by atoms with van der Waals surface area (Å²) in [4.78, 5) is 2.56. The van der Waals surface area contributed by atoms with Crippen molar-refractivity contribution in [2.24, 2.45) is 11.8 Å². The van der Waals surface area contributed by atoms with Gasteiger partial charge in [-0.2, -0.15) is 0 Å². The highest BCUT2D eigenvalue weighted by Gasteiger charge is 2.18. The largest absolute Gasteiger partial charge is 0.371 e. The fourth-order valence-corrected chi connectivity index (χ4v) is 2.96. The lowest BCUT2D eigenvalue weighted by Gasteiger charge is -2.34. The highest BCUT2D eigenvalue weighted by Crippen LogP contribution is 2.25. The van der Waals surface area contributed by atoms with Crippen molar-refractivity contribution in [1.82, 2.24) is 5.32 Å². The van der Waals surface area contributed by atoms with Crippen LogP contribution in [0.2, 0.25) is 0 Å². The molecule has 1 N–H and O–H groups in total. The second-order valence-corrected chi connectivity index (χ2v) is 6.55. The molecule has 0 saturated carbocycles. The molecule has 2 heteroatoms. The quantitative estimate of drug-likeness (QED) is 0.841. The summed E-state index contributed by atoms with van der Waals surface area (Å²) in [5, 5.41) is 3.50. The highest BCUT2D eigenvalue weighted by molar-refractivity contribution is 5.48. The number of nitrogens with one attached hydrogen (secondary N) is 1. The SMILES string of the molecule is CCC1CCCN(c2ccc(CNCC(C)C)cc2)C1. The molecule has 1 heterocycles. The Morgan fingerprint density at radius 1 is 1.25 bits per heavy atom. The fourth-order valence-electron chi connectivity index (χ4n) is 2.96. The maximum absolute atomic E-state index is 3.50. The Kier molecular flexibility index (Phi) is 5.90. The molecular formula is C18H30N2. The molecule has 1 aliphatic heterocycles. The molecule has 0 bridgehead atoms. The Hall–Kier alpha value is -1.02. The van der Waals surface area contributed by atoms with E-state index in [4.69, 9.17) is 0 Å². The lowest BCUT2D eigenvalue weighted by atomic mass is 9.95. The van der Waals surface area contributed by atoms with Gasteiger partial charge in [-0.15, -0.1) is 0 Å². The third-order valence-electron chi connectivity index (χ3n) is 4.28. The van der Waals surface area contributed by atoms with Gasteiger partial charge in [-0.1, -0.05) is 39.3 Å². The zero-order chi connectivity index (χ0) is 14.4. The second kappa shape index (κ2) is 7.68. The molecular weight excluding hydrogens is 244 g/mol. The molecule has 20 heavy (non-hydrogen) atoms. The summed E-state index contributed by atoms with van der Waals surface area (Å²) in [6, 6.07) is 9.14. The van der Waals surface area contributed by atoms with E-state index in [9.17, 15) is 0 Å². The Labute approximate surface area is 124 Å². The van der Waals surface area contributed by atoms with E-state index in [0.29, 0.717) is 5.92 Å². The van der Waals surface area contributed by atoms with Crippen molar-refractivity contribution >= 4 is 5.69 Å². The van der Waals surface area contributed by atoms with Crippen molar-refractivity contribution < 1.29 is 0 Å². The fraction of sp³-hybridized carbons (Fsp3) is 0.667. The molecule has 1 unspecified atom stereocenters. The van der Waals surface area contributed by atoms with E-state index in [1.165, 1.54) is 43.6 Å². The van der Waals surface area contributed by atoms with Crippen LogP contribution in [0.5, 0.6) is 0 Å². The van der Waals surface area contributed by atoms with Gasteiger partial charge in [0.25, 0.3) is 0 Å². The van der Waals surface area contributed by atoms with Crippen LogP contribution in [0.3, 0.4) is 0 Å². The minimum atomic E-state index is 0.716. The van der Waals surface area contributed by atoms with Crippen molar-refractivity contribution in [2.75, 3.05) is 24.5 Å². The number of hydrogen-bond donors (Lipinski definition) is 1. The van der Waals surface area contributed by atoms with Gasteiger partial charge in [-0.25, -0.2) is 0 Å². The van der Waals surface area contributed by atoms with Gasteiger partial charge in [0.15, 0.2) is 0 Å². The van der Waals surface area contributed by atoms with Gasteiger partial charge in [0, 0.05) is 25.3 Å². The first-order valence-corrected chi connectivity index (χ1v) is 8.23. The topological polar surface area (TPSA) is 15.3 Å². The smallest absolute Gasteiger partial charge is 0.0366 e. The molecule has 0 amide bonds. The molecule has 0 aromatic heterocycles. The minimum Gasteiger partial charge on any atom is -0.371 e. The molecule has 1 atom stereocenters. The van der Waals surface area contributed by atoms with Crippen molar-refractivity contribution in [1.29, 1.82) is 0 Å². The normalized spacial score (nSPS) is 19.6. The Morgan fingerprint density at radius 3 is 2.65 bits per heavy atom. The average Bonchev–Trinajstić information content (AvgIpc) is 2.48. The lowest BCUT2D eigenvalue weighted by Crippen LogP contribution is -2.35. The van der Waals surface area contributed by atoms with E-state index in [-0.39, 0.29) is 0 Å². The first-order valence-electron chi connectivity index (χ1n) is 8.23. The van der Waals surface area contributed by atoms with Crippen LogP contribution in [0.25, 0.3) is 0 Å². The van der Waals surface area contributed by atoms with Gasteiger partial charge in [0.2, 0.25) is 0 Å². The Bertz CT molecular complexity index is 383. The summed E-state index contributed by atoms with van der Waals surface area (Å²) >= 11 is 0. The number of rotatable bonds is 6. The van der Waals surface area contributed by atoms with Crippen LogP contribution in [-0.4, -0.2) is 19.6 Å². The first kappa shape index (κ1) is 15.4. The second-order valence-electron chi connectivity index (χ2n) is 6.55. The van der Waals surface area contributed by atoms with Crippen LogP contribution in [0.4, 0.5) is 5.69 Å². The predicted molar refractivity (Wildman–Crippen MR) is 88.2 cm³/mol. The van der Waals surface area contributed by atoms with Crippen LogP contribution in [-0.2, 0) is 6.54 Å². The van der Waals surface area contributed by atoms with Gasteiger partial charge < -0.3 is 10.2 Å². The molecule has 1 aliphatic rings. The van der Waals surface area contributed by atoms with E-state index in [1.807, 2.05) is 0 Å². The number of nitrogens with zero attached hydrogens (tertiary/aromatic N) is 1. The highest BCUT2D eigenvalue weighted by atomic mass is 15.1. The molecule has 1 saturated heterocycles. The monoisotopic (exact) mass is 274 g/mol. The zero-order valence-corrected chi connectivity index (χ0v) is 13.4. The van der Waals surface area contributed by atoms with Crippen molar-refractivity contribution in [2.45, 2.75) is 46.6 Å². The number of benzene rings is 1. The van der Waals surface area contributed by atoms with Crippen LogP contribution >= 0.6 is 0 Å². The van der Waals surface area contributed by atoms with Gasteiger partial charge in [0.1, 0.15) is 0 Å². The summed E-state index contributed by atoms with van der Waals surface area (Å²) in [5.74, 6) is 1.60. The van der Waals surface area contributed by atoms with Crippen molar-refractivity contribution in [3.63, 3.8) is 0 Å². The van der Waals surface area contributed by atoms with E-state index in [1.54, 1.807) is 0 Å². The first-order chi connectivity index (χ1) is 9.69. The number of hydrogen-bond acceptors (Lipinski definition) is 2. The molecule has 0 radical (unpaired) electrons. The molecule has 0 aliphatic carbocycles. The predicted octanol–water partition coefficient (Wildman–Crippen LogP) is 4.06. The zero-order valence-electron chi connectivity index (χ0n) is 13.4. The van der Waals surface area contributed by atoms with Gasteiger partial charge in [-0.05, 0) is 48.9 Å². The summed E-state index contributed by atoms with van der Waals surface area (Å²) < 4.78 is 0. The molecule has 1 aromatic carbocycles. The summed E-state index contributed by atoms with van der Waals surface area (Å²) in [6.45, 7) is 11.3. The third-order valence-corrected chi connectivity index (χ3v) is 4.28. The minimum absolute atomic E-state index is 0.716. The lowest BCUT2D eigenvalue weighted by molar-refractivity contribution is 0.405. The molecule has 2 rings (SSSR count). The van der Waals surface area contributed by atoms with E-state index in [0.717, 1.165) is 19.0 Å². The maximum Gasteiger partial charge on any atom is 0.0366 e. The van der Waals surface area contributed by atoms with Crippen LogP contribution in [0, 0.1) is 11.8 Å². The summed E-state index contributed by atoms with van der Waals surface area (Å²) in [5.41, 5.74) is 2.79. The Balaban J connectivity index is 1.87. The molecule has 1 fully saturated rings. The van der Waals surface area contributed by atoms with E-state index in [2.05, 4.69) is 55.3 Å². The number of piperidine rings is 1. The van der Waals surface area contributed by atoms with E-state index < -0.39 is 0 Å². The standard InChI is InChI=1S/C18H30N2/c1-4-16-6-5-11-20(14-16)18-9-7-17(8-10-18)13-19-12-15(2)3/h7-10,15-16,19H,4-6,11-14H2,1-3H3. The van der Waals surface area contributed by atoms with Crippen molar-refractivity contribution in [3.05, 3.63) is 29.8 Å². The molecule has 112 valence electrons. The van der Waals surface area contributed by atoms with Crippen molar-refractivity contribution in [3.8, 4) is 0 Å². The Morgan fingerprint density at radius 2 is 2.00 bits per heavy atom. The van der Waals surface area contributed by atoms with Gasteiger partial charge in [0.05, 0.1) is 0 Å². The summed E-state index contributed by atoms with van der Waals surface area (Å²) in [6.07, 6.45) is 4.06. The van der Waals surface area contributed by atoms with E-state index >= 15 is 0 Å². The molecule has 2 nitrogen and oxygen atoms in total. The maximum atomic E-state index is 3.50. The average molecular weight is 274 g/mol. The number of anilines is 1. The van der Waals surface area contributed by atoms with Crippen LogP contribution in [0.15, 0.2) is 24.3 Å². The summed E-state index contributed by atoms with van der Waals surface area (Å²) in [7, 11) is 0. The molecule has 0 spiro atoms. The van der Waals surface area contributed by atoms with Gasteiger partial charge in [-0.3, -0.25) is 0 Å². The van der Waals surface area contributed by atoms with Gasteiger partial charge >= 0.3 is 0 Å². The van der Waals surface area contributed by atoms with Crippen LogP contribution < -0.4 is 10.2 Å². The third kappa shape index (κ3) is 4.52.